The number of hydrazine groups is 1. The number of rotatable bonds is 4. The highest BCUT2D eigenvalue weighted by Gasteiger charge is 2.31. The van der Waals surface area contributed by atoms with Crippen LogP contribution in [0.3, 0.4) is 0 Å². The maximum Gasteiger partial charge on any atom is 0.165 e. The molecule has 1 atom stereocenters. The van der Waals surface area contributed by atoms with Crippen LogP contribution in [-0.2, 0) is 6.54 Å². The van der Waals surface area contributed by atoms with Crippen molar-refractivity contribution in [2.45, 2.75) is 50.7 Å². The van der Waals surface area contributed by atoms with Crippen LogP contribution in [0.15, 0.2) is 0 Å². The van der Waals surface area contributed by atoms with Crippen LogP contribution in [0.25, 0.3) is 0 Å². The van der Waals surface area contributed by atoms with E-state index in [4.69, 9.17) is 0 Å². The third-order valence-corrected chi connectivity index (χ3v) is 4.89. The van der Waals surface area contributed by atoms with Crippen molar-refractivity contribution in [3.63, 3.8) is 0 Å². The molecule has 4 rings (SSSR count). The van der Waals surface area contributed by atoms with Gasteiger partial charge in [0.1, 0.15) is 0 Å². The normalized spacial score (nSPS) is 29.1. The lowest BCUT2D eigenvalue weighted by Crippen LogP contribution is -2.42. The van der Waals surface area contributed by atoms with Crippen molar-refractivity contribution in [3.05, 3.63) is 5.82 Å². The summed E-state index contributed by atoms with van der Waals surface area (Å²) in [5.74, 6) is 1.87. The Balaban J connectivity index is 1.31. The average molecular weight is 277 g/mol. The Kier molecular flexibility index (Phi) is 3.41. The summed E-state index contributed by atoms with van der Waals surface area (Å²) >= 11 is 0. The van der Waals surface area contributed by atoms with Gasteiger partial charge in [0, 0.05) is 12.6 Å². The molecule has 0 bridgehead atoms. The van der Waals surface area contributed by atoms with E-state index < -0.39 is 0 Å². The molecule has 7 nitrogen and oxygen atoms in total. The molecule has 20 heavy (non-hydrogen) atoms. The molecule has 3 heterocycles. The minimum atomic E-state index is 0.575. The molecular formula is C13H23N7. The van der Waals surface area contributed by atoms with Gasteiger partial charge in [0.15, 0.2) is 5.82 Å². The van der Waals surface area contributed by atoms with Gasteiger partial charge >= 0.3 is 0 Å². The van der Waals surface area contributed by atoms with Crippen molar-refractivity contribution in [1.82, 2.24) is 36.0 Å². The first-order valence-electron chi connectivity index (χ1n) is 7.87. The summed E-state index contributed by atoms with van der Waals surface area (Å²) in [5.41, 5.74) is 6.66. The van der Waals surface area contributed by atoms with Gasteiger partial charge in [-0.15, -0.1) is 5.10 Å². The zero-order valence-corrected chi connectivity index (χ0v) is 11.8. The first-order valence-corrected chi connectivity index (χ1v) is 7.87. The topological polar surface area (TPSA) is 70.9 Å². The highest BCUT2D eigenvalue weighted by atomic mass is 15.6. The molecule has 1 aromatic heterocycles. The van der Waals surface area contributed by atoms with Crippen LogP contribution in [0.1, 0.15) is 44.0 Å². The van der Waals surface area contributed by atoms with Gasteiger partial charge in [-0.1, -0.05) is 0 Å². The predicted octanol–water partition coefficient (Wildman–Crippen LogP) is 0.0865. The molecule has 1 aliphatic carbocycles. The van der Waals surface area contributed by atoms with E-state index in [-0.39, 0.29) is 0 Å². The number of hydrogen-bond acceptors (Lipinski definition) is 6. The van der Waals surface area contributed by atoms with Gasteiger partial charge in [-0.05, 0) is 61.5 Å². The first-order chi connectivity index (χ1) is 9.90. The monoisotopic (exact) mass is 277 g/mol. The smallest absolute Gasteiger partial charge is 0.165 e. The standard InChI is InChI=1S/C13H23N7/c1-2-11(1)20-13(16-17-18-20)9-19-7-4-10(5-8-19)12-3-6-14-15-12/h10-12,14-15H,1-9H2. The zero-order chi connectivity index (χ0) is 13.4. The van der Waals surface area contributed by atoms with Crippen LogP contribution < -0.4 is 10.9 Å². The van der Waals surface area contributed by atoms with Crippen molar-refractivity contribution in [2.75, 3.05) is 19.6 Å². The molecule has 7 heteroatoms. The fourth-order valence-corrected chi connectivity index (χ4v) is 3.49. The molecule has 0 spiro atoms. The van der Waals surface area contributed by atoms with Crippen molar-refractivity contribution in [3.8, 4) is 0 Å². The Labute approximate surface area is 119 Å². The average Bonchev–Trinajstić information content (AvgIpc) is 3.00. The van der Waals surface area contributed by atoms with Gasteiger partial charge in [-0.2, -0.15) is 0 Å². The lowest BCUT2D eigenvalue weighted by atomic mass is 9.88. The lowest BCUT2D eigenvalue weighted by Gasteiger charge is -2.34. The molecule has 2 aliphatic heterocycles. The summed E-state index contributed by atoms with van der Waals surface area (Å²) in [6.45, 7) is 4.36. The molecule has 1 saturated carbocycles. The SMILES string of the molecule is C1CC(C2CCN(Cc3nnnn3C3CC3)CC2)NN1. The number of likely N-dealkylation sites (tertiary alicyclic amines) is 1. The van der Waals surface area contributed by atoms with E-state index in [2.05, 4.69) is 31.3 Å². The second kappa shape index (κ2) is 5.38. The van der Waals surface area contributed by atoms with Crippen LogP contribution in [0, 0.1) is 5.92 Å². The highest BCUT2D eigenvalue weighted by molar-refractivity contribution is 4.92. The molecule has 3 aliphatic rings. The van der Waals surface area contributed by atoms with Crippen molar-refractivity contribution in [2.24, 2.45) is 5.92 Å². The summed E-state index contributed by atoms with van der Waals surface area (Å²) in [4.78, 5) is 2.50. The van der Waals surface area contributed by atoms with Crippen LogP contribution in [-0.4, -0.2) is 50.8 Å². The molecular weight excluding hydrogens is 254 g/mol. The van der Waals surface area contributed by atoms with Gasteiger partial charge < -0.3 is 0 Å². The molecule has 3 fully saturated rings. The third kappa shape index (κ3) is 2.57. The molecule has 0 amide bonds. The Hall–Kier alpha value is -1.05. The van der Waals surface area contributed by atoms with E-state index in [1.165, 1.54) is 45.2 Å². The fourth-order valence-electron chi connectivity index (χ4n) is 3.49. The minimum Gasteiger partial charge on any atom is -0.296 e. The van der Waals surface area contributed by atoms with Crippen molar-refractivity contribution in [1.29, 1.82) is 0 Å². The molecule has 1 aromatic rings. The molecule has 0 radical (unpaired) electrons. The fraction of sp³-hybridized carbons (Fsp3) is 0.923. The molecule has 2 N–H and O–H groups in total. The number of nitrogens with zero attached hydrogens (tertiary/aromatic N) is 5. The van der Waals surface area contributed by atoms with E-state index in [0.29, 0.717) is 12.1 Å². The summed E-state index contributed by atoms with van der Waals surface area (Å²) in [6, 6.07) is 1.25. The molecule has 1 unspecified atom stereocenters. The van der Waals surface area contributed by atoms with Crippen LogP contribution in [0.2, 0.25) is 0 Å². The zero-order valence-electron chi connectivity index (χ0n) is 11.8. The van der Waals surface area contributed by atoms with Crippen LogP contribution >= 0.6 is 0 Å². The Morgan fingerprint density at radius 1 is 1.10 bits per heavy atom. The largest absolute Gasteiger partial charge is 0.296 e. The van der Waals surface area contributed by atoms with Gasteiger partial charge in [-0.3, -0.25) is 15.8 Å². The van der Waals surface area contributed by atoms with Gasteiger partial charge in [0.05, 0.1) is 12.6 Å². The van der Waals surface area contributed by atoms with E-state index in [1.807, 2.05) is 4.68 Å². The first kappa shape index (κ1) is 12.7. The maximum absolute atomic E-state index is 4.21. The molecule has 110 valence electrons. The van der Waals surface area contributed by atoms with E-state index >= 15 is 0 Å². The Morgan fingerprint density at radius 2 is 1.95 bits per heavy atom. The van der Waals surface area contributed by atoms with Crippen LogP contribution in [0.4, 0.5) is 0 Å². The molecule has 2 saturated heterocycles. The third-order valence-electron chi connectivity index (χ3n) is 4.89. The number of piperidine rings is 1. The number of aromatic nitrogens is 4. The highest BCUT2D eigenvalue weighted by Crippen LogP contribution is 2.34. The Bertz CT molecular complexity index is 441. The van der Waals surface area contributed by atoms with E-state index in [9.17, 15) is 0 Å². The summed E-state index contributed by atoms with van der Waals surface area (Å²) in [7, 11) is 0. The maximum atomic E-state index is 4.21. The lowest BCUT2D eigenvalue weighted by molar-refractivity contribution is 0.151. The summed E-state index contributed by atoms with van der Waals surface area (Å²) < 4.78 is 2.04. The minimum absolute atomic E-state index is 0.575. The van der Waals surface area contributed by atoms with Crippen LogP contribution in [0.5, 0.6) is 0 Å². The predicted molar refractivity (Wildman–Crippen MR) is 73.6 cm³/mol. The van der Waals surface area contributed by atoms with Gasteiger partial charge in [0.25, 0.3) is 0 Å². The van der Waals surface area contributed by atoms with Gasteiger partial charge in [-0.25, -0.2) is 4.68 Å². The number of hydrogen-bond donors (Lipinski definition) is 2. The second-order valence-electron chi connectivity index (χ2n) is 6.35. The van der Waals surface area contributed by atoms with Crippen molar-refractivity contribution < 1.29 is 0 Å². The van der Waals surface area contributed by atoms with E-state index in [0.717, 1.165) is 24.8 Å². The Morgan fingerprint density at radius 3 is 2.65 bits per heavy atom. The van der Waals surface area contributed by atoms with E-state index in [1.54, 1.807) is 0 Å². The van der Waals surface area contributed by atoms with Gasteiger partial charge in [0.2, 0.25) is 0 Å². The molecule has 0 aromatic carbocycles. The number of nitrogens with one attached hydrogen (secondary N) is 2. The van der Waals surface area contributed by atoms with Crippen molar-refractivity contribution >= 4 is 0 Å². The number of tetrazole rings is 1. The summed E-state index contributed by atoms with van der Waals surface area (Å²) in [6.07, 6.45) is 6.31. The second-order valence-corrected chi connectivity index (χ2v) is 6.35. The quantitative estimate of drug-likeness (QED) is 0.812. The summed E-state index contributed by atoms with van der Waals surface area (Å²) in [5, 5.41) is 12.2.